The van der Waals surface area contributed by atoms with Crippen molar-refractivity contribution in [3.63, 3.8) is 0 Å². The molecule has 16 nitrogen and oxygen atoms in total. The smallest absolute Gasteiger partial charge is 0.246 e. The molecule has 2 fully saturated rings. The van der Waals surface area contributed by atoms with Gasteiger partial charge in [-0.1, -0.05) is 24.0 Å². The maximum Gasteiger partial charge on any atom is 0.246 e. The Balaban J connectivity index is 0.000000191. The number of methoxy groups -OCH3 is 4. The van der Waals surface area contributed by atoms with Crippen LogP contribution in [0.25, 0.3) is 11.0 Å². The van der Waals surface area contributed by atoms with Crippen LogP contribution in [-0.4, -0.2) is 105 Å². The second kappa shape index (κ2) is 19.8. The van der Waals surface area contributed by atoms with Gasteiger partial charge in [-0.2, -0.15) is 0 Å². The maximum atomic E-state index is 12.2. The Morgan fingerprint density at radius 2 is 0.984 bits per heavy atom. The summed E-state index contributed by atoms with van der Waals surface area (Å²) in [5, 5.41) is 0. The summed E-state index contributed by atoms with van der Waals surface area (Å²) in [7, 11) is 6.39. The number of carbonyl (C=O) groups excluding carboxylic acids is 2. The van der Waals surface area contributed by atoms with Crippen LogP contribution in [0.15, 0.2) is 85.5 Å². The van der Waals surface area contributed by atoms with Crippen molar-refractivity contribution < 1.29 is 28.5 Å². The Bertz CT molecular complexity index is 2650. The van der Waals surface area contributed by atoms with E-state index in [1.54, 1.807) is 77.3 Å². The highest BCUT2D eigenvalue weighted by molar-refractivity contribution is 5.88. The van der Waals surface area contributed by atoms with E-state index in [1.165, 1.54) is 0 Å². The fourth-order valence-corrected chi connectivity index (χ4v) is 7.78. The third kappa shape index (κ3) is 9.56. The summed E-state index contributed by atoms with van der Waals surface area (Å²) in [5.41, 5.74) is 16.3. The van der Waals surface area contributed by atoms with Crippen LogP contribution in [0.1, 0.15) is 72.7 Å². The van der Waals surface area contributed by atoms with Gasteiger partial charge in [-0.3, -0.25) is 18.4 Å². The largest absolute Gasteiger partial charge is 0.497 e. The molecule has 2 atom stereocenters. The highest BCUT2D eigenvalue weighted by Gasteiger charge is 2.32. The van der Waals surface area contributed by atoms with Crippen LogP contribution in [0.3, 0.4) is 0 Å². The van der Waals surface area contributed by atoms with Gasteiger partial charge in [0.05, 0.1) is 28.4 Å². The summed E-state index contributed by atoms with van der Waals surface area (Å²) in [6.45, 7) is 6.26. The summed E-state index contributed by atoms with van der Waals surface area (Å²) in [4.78, 5) is 46.3. The molecule has 2 amide bonds. The van der Waals surface area contributed by atoms with E-state index >= 15 is 0 Å². The van der Waals surface area contributed by atoms with Gasteiger partial charge in [0.15, 0.2) is 11.6 Å². The van der Waals surface area contributed by atoms with Crippen molar-refractivity contribution in [3.8, 4) is 46.7 Å². The Kier molecular flexibility index (Phi) is 13.6. The van der Waals surface area contributed by atoms with Crippen molar-refractivity contribution in [3.05, 3.63) is 120 Å². The first-order chi connectivity index (χ1) is 31.1. The van der Waals surface area contributed by atoms with E-state index in [-0.39, 0.29) is 23.7 Å². The predicted molar refractivity (Wildman–Crippen MR) is 243 cm³/mol. The molecule has 4 N–H and O–H groups in total. The third-order valence-corrected chi connectivity index (χ3v) is 10.9. The number of hydrogen-bond donors (Lipinski definition) is 2. The average Bonchev–Trinajstić information content (AvgIpc) is 4.14. The van der Waals surface area contributed by atoms with Gasteiger partial charge < -0.3 is 40.2 Å². The van der Waals surface area contributed by atoms with Crippen LogP contribution in [-0.2, 0) is 9.59 Å². The number of rotatable bonds is 8. The van der Waals surface area contributed by atoms with Crippen molar-refractivity contribution >= 4 is 34.5 Å². The third-order valence-electron chi connectivity index (χ3n) is 10.9. The maximum absolute atomic E-state index is 12.2. The molecule has 2 aromatic carbocycles. The number of imidazole rings is 2. The van der Waals surface area contributed by atoms with E-state index < -0.39 is 0 Å². The van der Waals surface area contributed by atoms with E-state index in [2.05, 4.69) is 33.6 Å². The number of carbonyl (C=O) groups is 2. The summed E-state index contributed by atoms with van der Waals surface area (Å²) in [5.74, 6) is 17.8. The van der Waals surface area contributed by atoms with E-state index in [1.807, 2.05) is 69.1 Å². The molecule has 0 radical (unpaired) electrons. The second-order valence-electron chi connectivity index (χ2n) is 14.9. The van der Waals surface area contributed by atoms with Gasteiger partial charge in [0.25, 0.3) is 0 Å². The SMILES string of the molecule is C/C=C/C(=O)N1CCC(c2nc(C#Cc3cc(OC)cc(OC)c3)c3c(N)nccn23)C1.C/C=C/C(=O)N1CC[C@@H](c2nc(C#Cc3cc(OC)cc(OC)c3)c3c(N)nccn23)C1. The zero-order valence-electron chi connectivity index (χ0n) is 36.7. The quantitative estimate of drug-likeness (QED) is 0.150. The van der Waals surface area contributed by atoms with Crippen LogP contribution in [0.2, 0.25) is 0 Å². The van der Waals surface area contributed by atoms with Crippen molar-refractivity contribution in [2.45, 2.75) is 38.5 Å². The lowest BCUT2D eigenvalue weighted by atomic mass is 10.1. The van der Waals surface area contributed by atoms with E-state index in [0.717, 1.165) is 35.6 Å². The molecule has 0 bridgehead atoms. The number of aromatic nitrogens is 6. The molecule has 2 aliphatic heterocycles. The van der Waals surface area contributed by atoms with Crippen molar-refractivity contribution in [2.24, 2.45) is 0 Å². The van der Waals surface area contributed by atoms with Crippen molar-refractivity contribution in [2.75, 3.05) is 66.1 Å². The molecular formula is C48H50N10O6. The molecule has 8 rings (SSSR count). The van der Waals surface area contributed by atoms with Crippen LogP contribution in [0.4, 0.5) is 11.6 Å². The minimum Gasteiger partial charge on any atom is -0.497 e. The molecular weight excluding hydrogens is 813 g/mol. The van der Waals surface area contributed by atoms with Gasteiger partial charge >= 0.3 is 0 Å². The van der Waals surface area contributed by atoms with Crippen LogP contribution in [0.5, 0.6) is 23.0 Å². The van der Waals surface area contributed by atoms with E-state index in [0.29, 0.717) is 83.2 Å². The molecule has 2 saturated heterocycles. The van der Waals surface area contributed by atoms with Crippen molar-refractivity contribution in [1.82, 2.24) is 38.5 Å². The summed E-state index contributed by atoms with van der Waals surface area (Å²) in [6, 6.07) is 10.9. The summed E-state index contributed by atoms with van der Waals surface area (Å²) in [6.07, 6.45) is 15.3. The van der Waals surface area contributed by atoms with Gasteiger partial charge in [-0.05, 0) is 74.9 Å². The highest BCUT2D eigenvalue weighted by Crippen LogP contribution is 2.32. The Labute approximate surface area is 371 Å². The first kappa shape index (κ1) is 44.1. The molecule has 4 aromatic heterocycles. The molecule has 64 heavy (non-hydrogen) atoms. The minimum atomic E-state index is 0.0176. The van der Waals surface area contributed by atoms with Crippen LogP contribution >= 0.6 is 0 Å². The average molecular weight is 863 g/mol. The van der Waals surface area contributed by atoms with Crippen LogP contribution < -0.4 is 30.4 Å². The molecule has 0 saturated carbocycles. The number of likely N-dealkylation sites (tertiary alicyclic amines) is 2. The first-order valence-corrected chi connectivity index (χ1v) is 20.7. The van der Waals surface area contributed by atoms with E-state index in [9.17, 15) is 9.59 Å². The molecule has 6 aromatic rings. The van der Waals surface area contributed by atoms with Gasteiger partial charge in [0.2, 0.25) is 11.8 Å². The fraction of sp³-hybridized carbons (Fsp3) is 0.292. The molecule has 0 aliphatic carbocycles. The van der Waals surface area contributed by atoms with Gasteiger partial charge in [0.1, 0.15) is 57.1 Å². The standard InChI is InChI=1S/2C24H25N5O3/c2*1-4-5-21(30)28-10-8-17(15-28)24-27-20(22-23(25)26-9-11-29(22)24)7-6-16-12-18(31-2)14-19(13-16)32-3/h2*4-5,9,11-14,17H,8,10,15H2,1-3H3,(H2,25,26)/b2*5-4+/t17-;/m1./s1. The number of ether oxygens (including phenoxy) is 4. The van der Waals surface area contributed by atoms with Gasteiger partial charge in [-0.25, -0.2) is 19.9 Å². The molecule has 328 valence electrons. The molecule has 6 heterocycles. The molecule has 2 aliphatic rings. The first-order valence-electron chi connectivity index (χ1n) is 20.7. The number of nitrogens with zero attached hydrogens (tertiary/aromatic N) is 8. The summed E-state index contributed by atoms with van der Waals surface area (Å²) < 4.78 is 25.2. The predicted octanol–water partition coefficient (Wildman–Crippen LogP) is 5.24. The monoisotopic (exact) mass is 862 g/mol. The molecule has 1 unspecified atom stereocenters. The lowest BCUT2D eigenvalue weighted by Crippen LogP contribution is -2.26. The zero-order chi connectivity index (χ0) is 45.3. The van der Waals surface area contributed by atoms with Crippen molar-refractivity contribution in [1.29, 1.82) is 0 Å². The fourth-order valence-electron chi connectivity index (χ4n) is 7.78. The Morgan fingerprint density at radius 3 is 1.33 bits per heavy atom. The number of anilines is 2. The minimum absolute atomic E-state index is 0.0176. The summed E-state index contributed by atoms with van der Waals surface area (Å²) >= 11 is 0. The number of benzene rings is 2. The second-order valence-corrected chi connectivity index (χ2v) is 14.9. The zero-order valence-corrected chi connectivity index (χ0v) is 36.7. The van der Waals surface area contributed by atoms with Gasteiger partial charge in [0, 0.05) is 86.1 Å². The van der Waals surface area contributed by atoms with Crippen LogP contribution in [0, 0.1) is 23.7 Å². The lowest BCUT2D eigenvalue weighted by molar-refractivity contribution is -0.125. The number of nitrogen functional groups attached to an aromatic ring is 2. The lowest BCUT2D eigenvalue weighted by Gasteiger charge is -2.14. The molecule has 0 spiro atoms. The topological polar surface area (TPSA) is 190 Å². The Morgan fingerprint density at radius 1 is 0.609 bits per heavy atom. The normalized spacial score (nSPS) is 15.7. The number of amides is 2. The van der Waals surface area contributed by atoms with Gasteiger partial charge in [-0.15, -0.1) is 0 Å². The Hall–Kier alpha value is -7.98. The molecule has 16 heteroatoms. The number of fused-ring (bicyclic) bond motifs is 2. The number of nitrogens with two attached hydrogens (primary N) is 2. The number of hydrogen-bond acceptors (Lipinski definition) is 12. The number of allylic oxidation sites excluding steroid dienone is 2. The van der Waals surface area contributed by atoms with E-state index in [4.69, 9.17) is 40.4 Å². The highest BCUT2D eigenvalue weighted by atomic mass is 16.5.